The van der Waals surface area contributed by atoms with Crippen molar-refractivity contribution in [3.63, 3.8) is 0 Å². The minimum atomic E-state index is -0.718. The lowest BCUT2D eigenvalue weighted by Crippen LogP contribution is -2.33. The molecule has 42 heavy (non-hydrogen) atoms. The molecule has 0 spiro atoms. The van der Waals surface area contributed by atoms with Crippen LogP contribution in [0, 0.1) is 0 Å². The van der Waals surface area contributed by atoms with Gasteiger partial charge in [0.05, 0.1) is 19.6 Å². The second-order valence-electron chi connectivity index (χ2n) is 9.72. The summed E-state index contributed by atoms with van der Waals surface area (Å²) in [6.07, 6.45) is 0.333. The lowest BCUT2D eigenvalue weighted by molar-refractivity contribution is -0.141. The van der Waals surface area contributed by atoms with Crippen LogP contribution in [0.2, 0.25) is 5.02 Å². The molecule has 1 amide bonds. The van der Waals surface area contributed by atoms with Gasteiger partial charge in [0, 0.05) is 28.3 Å². The van der Waals surface area contributed by atoms with E-state index in [0.29, 0.717) is 47.2 Å². The van der Waals surface area contributed by atoms with Crippen molar-refractivity contribution in [3.05, 3.63) is 130 Å². The fourth-order valence-corrected chi connectivity index (χ4v) is 4.56. The van der Waals surface area contributed by atoms with Gasteiger partial charge in [-0.25, -0.2) is 4.79 Å². The van der Waals surface area contributed by atoms with Crippen molar-refractivity contribution < 1.29 is 23.9 Å². The quantitative estimate of drug-likeness (QED) is 0.113. The number of esters is 1. The molecule has 0 bridgehead atoms. The largest absolute Gasteiger partial charge is 0.492 e. The molecule has 2 unspecified atom stereocenters. The van der Waals surface area contributed by atoms with Gasteiger partial charge in [0.25, 0.3) is 0 Å². The van der Waals surface area contributed by atoms with Crippen molar-refractivity contribution >= 4 is 34.9 Å². The van der Waals surface area contributed by atoms with Gasteiger partial charge in [-0.1, -0.05) is 78.3 Å². The molecule has 7 nitrogen and oxygen atoms in total. The highest BCUT2D eigenvalue weighted by atomic mass is 35.5. The Hall–Kier alpha value is -4.62. The van der Waals surface area contributed by atoms with Gasteiger partial charge < -0.3 is 20.1 Å². The average molecular weight is 585 g/mol. The van der Waals surface area contributed by atoms with Crippen LogP contribution in [0.3, 0.4) is 0 Å². The van der Waals surface area contributed by atoms with Crippen molar-refractivity contribution in [2.45, 2.75) is 25.3 Å². The number of para-hydroxylation sites is 1. The molecule has 216 valence electrons. The number of anilines is 1. The van der Waals surface area contributed by atoms with E-state index in [0.717, 1.165) is 11.1 Å². The molecule has 0 fully saturated rings. The third-order valence-electron chi connectivity index (χ3n) is 6.82. The Bertz CT molecular complexity index is 1490. The van der Waals surface area contributed by atoms with E-state index in [1.165, 1.54) is 7.11 Å². The molecule has 0 aliphatic heterocycles. The summed E-state index contributed by atoms with van der Waals surface area (Å²) in [6, 6.07) is 30.0. The molecule has 4 aromatic carbocycles. The molecule has 0 aliphatic carbocycles. The van der Waals surface area contributed by atoms with E-state index >= 15 is 0 Å². The van der Waals surface area contributed by atoms with Gasteiger partial charge in [-0.15, -0.1) is 0 Å². The number of halogens is 1. The normalized spacial score (nSPS) is 12.1. The zero-order valence-electron chi connectivity index (χ0n) is 23.5. The Labute approximate surface area is 250 Å². The average Bonchev–Trinajstić information content (AvgIpc) is 3.03. The molecule has 4 rings (SSSR count). The van der Waals surface area contributed by atoms with Crippen LogP contribution in [-0.4, -0.2) is 44.0 Å². The highest BCUT2D eigenvalue weighted by molar-refractivity contribution is 6.30. The molecule has 8 heteroatoms. The van der Waals surface area contributed by atoms with Crippen molar-refractivity contribution in [1.82, 2.24) is 5.32 Å². The minimum Gasteiger partial charge on any atom is -0.492 e. The van der Waals surface area contributed by atoms with E-state index in [-0.39, 0.29) is 17.6 Å². The van der Waals surface area contributed by atoms with Crippen LogP contribution in [0.15, 0.2) is 103 Å². The van der Waals surface area contributed by atoms with E-state index in [1.807, 2.05) is 67.6 Å². The predicted molar refractivity (Wildman–Crippen MR) is 164 cm³/mol. The number of amides is 1. The highest BCUT2D eigenvalue weighted by Crippen LogP contribution is 2.22. The first kappa shape index (κ1) is 30.3. The number of ether oxygens (including phenoxy) is 2. The van der Waals surface area contributed by atoms with Crippen molar-refractivity contribution in [2.24, 2.45) is 0 Å². The summed E-state index contributed by atoms with van der Waals surface area (Å²) in [4.78, 5) is 38.3. The number of methoxy groups -OCH3 is 1. The number of hydrogen-bond donors (Lipinski definition) is 2. The van der Waals surface area contributed by atoms with Crippen molar-refractivity contribution in [3.8, 4) is 5.75 Å². The zero-order valence-corrected chi connectivity index (χ0v) is 24.3. The SMILES string of the molecule is COC(=O)C(Cc1ccc(OCCNC(=O)C(C)c2ccc(Cl)cc2)cc1)Nc1ccccc1C(=O)c1ccccc1. The van der Waals surface area contributed by atoms with Crippen LogP contribution in [0.4, 0.5) is 5.69 Å². The standard InChI is InChI=1S/C34H33ClN2O5/c1-23(25-14-16-27(35)17-15-25)33(39)36-20-21-42-28-18-12-24(13-19-28)22-31(34(40)41-2)37-30-11-7-6-10-29(30)32(38)26-8-4-3-5-9-26/h3-19,23,31,37H,20-22H2,1-2H3,(H,36,39). The van der Waals surface area contributed by atoms with Crippen LogP contribution in [0.1, 0.15) is 39.9 Å². The first-order valence-corrected chi connectivity index (χ1v) is 14.0. The Balaban J connectivity index is 1.32. The number of rotatable bonds is 13. The molecule has 0 radical (unpaired) electrons. The van der Waals surface area contributed by atoms with Crippen LogP contribution in [0.25, 0.3) is 0 Å². The van der Waals surface area contributed by atoms with E-state index in [2.05, 4.69) is 10.6 Å². The number of benzene rings is 4. The molecule has 0 aromatic heterocycles. The Morgan fingerprint density at radius 3 is 2.19 bits per heavy atom. The van der Waals surface area contributed by atoms with Crippen LogP contribution < -0.4 is 15.4 Å². The van der Waals surface area contributed by atoms with Gasteiger partial charge in [0.1, 0.15) is 18.4 Å². The Morgan fingerprint density at radius 2 is 1.50 bits per heavy atom. The summed E-state index contributed by atoms with van der Waals surface area (Å²) in [5.41, 5.74) is 3.35. The molecular weight excluding hydrogens is 552 g/mol. The fourth-order valence-electron chi connectivity index (χ4n) is 4.43. The van der Waals surface area contributed by atoms with Gasteiger partial charge >= 0.3 is 5.97 Å². The van der Waals surface area contributed by atoms with Crippen molar-refractivity contribution in [2.75, 3.05) is 25.6 Å². The van der Waals surface area contributed by atoms with E-state index in [4.69, 9.17) is 21.1 Å². The monoisotopic (exact) mass is 584 g/mol. The highest BCUT2D eigenvalue weighted by Gasteiger charge is 2.23. The summed E-state index contributed by atoms with van der Waals surface area (Å²) >= 11 is 5.93. The van der Waals surface area contributed by atoms with Gasteiger partial charge in [0.2, 0.25) is 5.91 Å². The third kappa shape index (κ3) is 8.21. The van der Waals surface area contributed by atoms with Crippen LogP contribution >= 0.6 is 11.6 Å². The molecule has 2 atom stereocenters. The number of ketones is 1. The molecule has 0 saturated heterocycles. The maximum Gasteiger partial charge on any atom is 0.328 e. The number of nitrogens with one attached hydrogen (secondary N) is 2. The molecule has 0 saturated carbocycles. The maximum atomic E-state index is 13.1. The smallest absolute Gasteiger partial charge is 0.328 e. The second kappa shape index (κ2) is 14.8. The predicted octanol–water partition coefficient (Wildman–Crippen LogP) is 6.07. The molecule has 0 aliphatic rings. The van der Waals surface area contributed by atoms with Gasteiger partial charge in [-0.2, -0.15) is 0 Å². The van der Waals surface area contributed by atoms with Crippen LogP contribution in [-0.2, 0) is 20.7 Å². The fraction of sp³-hybridized carbons (Fsp3) is 0.206. The molecule has 2 N–H and O–H groups in total. The summed E-state index contributed by atoms with van der Waals surface area (Å²) in [5, 5.41) is 6.73. The number of carbonyl (C=O) groups is 3. The maximum absolute atomic E-state index is 13.1. The summed E-state index contributed by atoms with van der Waals surface area (Å²) < 4.78 is 10.8. The topological polar surface area (TPSA) is 93.7 Å². The number of hydrogen-bond acceptors (Lipinski definition) is 6. The number of carbonyl (C=O) groups excluding carboxylic acids is 3. The summed E-state index contributed by atoms with van der Waals surface area (Å²) in [5.74, 6) is -0.341. The second-order valence-corrected chi connectivity index (χ2v) is 10.2. The lowest BCUT2D eigenvalue weighted by Gasteiger charge is -2.20. The lowest BCUT2D eigenvalue weighted by atomic mass is 10.00. The first-order valence-electron chi connectivity index (χ1n) is 13.6. The molecule has 4 aromatic rings. The van der Waals surface area contributed by atoms with E-state index in [1.54, 1.807) is 42.5 Å². The van der Waals surface area contributed by atoms with Crippen molar-refractivity contribution in [1.29, 1.82) is 0 Å². The minimum absolute atomic E-state index is 0.0929. The zero-order chi connectivity index (χ0) is 29.9. The van der Waals surface area contributed by atoms with Crippen LogP contribution in [0.5, 0.6) is 5.75 Å². The Kier molecular flexibility index (Phi) is 10.7. The molecule has 0 heterocycles. The first-order chi connectivity index (χ1) is 20.4. The van der Waals surface area contributed by atoms with Gasteiger partial charge in [-0.3, -0.25) is 9.59 Å². The summed E-state index contributed by atoms with van der Waals surface area (Å²) in [6.45, 7) is 2.50. The van der Waals surface area contributed by atoms with Gasteiger partial charge in [0.15, 0.2) is 5.78 Å². The van der Waals surface area contributed by atoms with E-state index in [9.17, 15) is 14.4 Å². The molecular formula is C34H33ClN2O5. The van der Waals surface area contributed by atoms with Gasteiger partial charge in [-0.05, 0) is 54.4 Å². The third-order valence-corrected chi connectivity index (χ3v) is 7.07. The summed E-state index contributed by atoms with van der Waals surface area (Å²) in [7, 11) is 1.34. The Morgan fingerprint density at radius 1 is 0.833 bits per heavy atom. The van der Waals surface area contributed by atoms with E-state index < -0.39 is 12.0 Å².